The molecule has 0 unspecified atom stereocenters. The predicted octanol–water partition coefficient (Wildman–Crippen LogP) is 4.14. The summed E-state index contributed by atoms with van der Waals surface area (Å²) >= 11 is 5.88. The summed E-state index contributed by atoms with van der Waals surface area (Å²) < 4.78 is 27.4. The maximum Gasteiger partial charge on any atom is 0.283 e. The van der Waals surface area contributed by atoms with Crippen LogP contribution in [0.25, 0.3) is 22.2 Å². The fraction of sp³-hybridized carbons (Fsp3) is 0. The van der Waals surface area contributed by atoms with E-state index < -0.39 is 10.0 Å². The summed E-state index contributed by atoms with van der Waals surface area (Å²) in [5, 5.41) is 5.41. The van der Waals surface area contributed by atoms with E-state index in [0.717, 1.165) is 4.09 Å². The van der Waals surface area contributed by atoms with Crippen molar-refractivity contribution in [2.24, 2.45) is 0 Å². The SMILES string of the molecule is O=C1c2ccccc2-c2nn(S(=O)(=O)c3ccc(Cl)cc3)c3cccc1c23. The van der Waals surface area contributed by atoms with Gasteiger partial charge >= 0.3 is 0 Å². The van der Waals surface area contributed by atoms with Crippen LogP contribution in [0.2, 0.25) is 5.02 Å². The molecule has 4 aromatic rings. The van der Waals surface area contributed by atoms with Crippen molar-refractivity contribution in [3.05, 3.63) is 82.9 Å². The minimum absolute atomic E-state index is 0.0760. The molecule has 1 aromatic heterocycles. The standard InChI is InChI=1S/C20H11ClN2O3S/c21-12-8-10-13(11-9-12)27(25,26)23-17-7-3-6-16-18(17)19(22-23)14-4-1-2-5-15(14)20(16)24/h1-11H. The van der Waals surface area contributed by atoms with E-state index in [4.69, 9.17) is 11.6 Å². The molecule has 5 rings (SSSR count). The fourth-order valence-electron chi connectivity index (χ4n) is 3.44. The quantitative estimate of drug-likeness (QED) is 0.451. The first kappa shape index (κ1) is 16.2. The van der Waals surface area contributed by atoms with Gasteiger partial charge in [-0.3, -0.25) is 4.79 Å². The normalized spacial score (nSPS) is 13.0. The summed E-state index contributed by atoms with van der Waals surface area (Å²) in [6.45, 7) is 0. The van der Waals surface area contributed by atoms with Gasteiger partial charge < -0.3 is 0 Å². The highest BCUT2D eigenvalue weighted by Gasteiger charge is 2.31. The van der Waals surface area contributed by atoms with E-state index in [0.29, 0.717) is 38.3 Å². The lowest BCUT2D eigenvalue weighted by molar-refractivity contribution is 0.104. The van der Waals surface area contributed by atoms with Gasteiger partial charge in [-0.15, -0.1) is 0 Å². The molecule has 132 valence electrons. The van der Waals surface area contributed by atoms with Crippen LogP contribution in [0.4, 0.5) is 0 Å². The molecule has 1 heterocycles. The number of benzene rings is 3. The third-order valence-corrected chi connectivity index (χ3v) is 6.54. The monoisotopic (exact) mass is 394 g/mol. The zero-order valence-corrected chi connectivity index (χ0v) is 15.3. The van der Waals surface area contributed by atoms with E-state index in [9.17, 15) is 13.2 Å². The number of fused-ring (bicyclic) bond motifs is 2. The summed E-state index contributed by atoms with van der Waals surface area (Å²) in [5.41, 5.74) is 2.48. The molecule has 0 amide bonds. The second-order valence-corrected chi connectivity index (χ2v) is 8.43. The van der Waals surface area contributed by atoms with Crippen molar-refractivity contribution in [2.45, 2.75) is 4.90 Å². The number of halogens is 1. The average molecular weight is 395 g/mol. The number of carbonyl (C=O) groups is 1. The molecule has 0 fully saturated rings. The minimum Gasteiger partial charge on any atom is -0.289 e. The number of aromatic nitrogens is 2. The molecule has 0 saturated heterocycles. The number of ketones is 1. The fourth-order valence-corrected chi connectivity index (χ4v) is 4.85. The number of hydrogen-bond acceptors (Lipinski definition) is 4. The number of hydrogen-bond donors (Lipinski definition) is 0. The molecule has 27 heavy (non-hydrogen) atoms. The van der Waals surface area contributed by atoms with E-state index in [-0.39, 0.29) is 10.7 Å². The van der Waals surface area contributed by atoms with Gasteiger partial charge in [0.05, 0.1) is 10.4 Å². The van der Waals surface area contributed by atoms with Crippen LogP contribution in [0.15, 0.2) is 71.6 Å². The Morgan fingerprint density at radius 1 is 0.815 bits per heavy atom. The van der Waals surface area contributed by atoms with Crippen molar-refractivity contribution in [3.63, 3.8) is 0 Å². The molecule has 0 saturated carbocycles. The third kappa shape index (κ3) is 2.20. The molecular weight excluding hydrogens is 384 g/mol. The molecule has 3 aromatic carbocycles. The van der Waals surface area contributed by atoms with Gasteiger partial charge in [0.25, 0.3) is 10.0 Å². The lowest BCUT2D eigenvalue weighted by atomic mass is 9.87. The van der Waals surface area contributed by atoms with E-state index in [2.05, 4.69) is 5.10 Å². The van der Waals surface area contributed by atoms with Gasteiger partial charge in [0.15, 0.2) is 5.78 Å². The average Bonchev–Trinajstić information content (AvgIpc) is 3.08. The zero-order valence-electron chi connectivity index (χ0n) is 13.8. The zero-order chi connectivity index (χ0) is 18.8. The number of rotatable bonds is 2. The Kier molecular flexibility index (Phi) is 3.32. The molecule has 0 spiro atoms. The lowest BCUT2D eigenvalue weighted by Crippen LogP contribution is -2.14. The minimum atomic E-state index is -3.94. The van der Waals surface area contributed by atoms with E-state index >= 15 is 0 Å². The second kappa shape index (κ2) is 5.52. The van der Waals surface area contributed by atoms with Gasteiger partial charge in [-0.05, 0) is 30.3 Å². The van der Waals surface area contributed by atoms with Crippen LogP contribution < -0.4 is 0 Å². The molecular formula is C20H11ClN2O3S. The van der Waals surface area contributed by atoms with Crippen molar-refractivity contribution in [1.82, 2.24) is 9.19 Å². The lowest BCUT2D eigenvalue weighted by Gasteiger charge is -2.13. The third-order valence-electron chi connectivity index (χ3n) is 4.69. The molecule has 7 heteroatoms. The van der Waals surface area contributed by atoms with Gasteiger partial charge in [-0.25, -0.2) is 0 Å². The van der Waals surface area contributed by atoms with Gasteiger partial charge in [0, 0.05) is 27.1 Å². The molecule has 1 aliphatic carbocycles. The molecule has 0 bridgehead atoms. The summed E-state index contributed by atoms with van der Waals surface area (Å²) in [6.07, 6.45) is 0. The van der Waals surface area contributed by atoms with Crippen LogP contribution in [-0.2, 0) is 10.0 Å². The first-order valence-corrected chi connectivity index (χ1v) is 9.97. The van der Waals surface area contributed by atoms with E-state index in [1.807, 2.05) is 0 Å². The smallest absolute Gasteiger partial charge is 0.283 e. The van der Waals surface area contributed by atoms with Gasteiger partial charge in [-0.2, -0.15) is 17.6 Å². The van der Waals surface area contributed by atoms with Crippen LogP contribution in [0.3, 0.4) is 0 Å². The highest BCUT2D eigenvalue weighted by Crippen LogP contribution is 2.39. The highest BCUT2D eigenvalue weighted by molar-refractivity contribution is 7.90. The van der Waals surface area contributed by atoms with Crippen LogP contribution >= 0.6 is 11.6 Å². The van der Waals surface area contributed by atoms with Gasteiger partial charge in [-0.1, -0.05) is 48.0 Å². The van der Waals surface area contributed by atoms with Crippen LogP contribution in [0.5, 0.6) is 0 Å². The first-order valence-electron chi connectivity index (χ1n) is 8.15. The Hall–Kier alpha value is -2.96. The van der Waals surface area contributed by atoms with Crippen molar-refractivity contribution in [1.29, 1.82) is 0 Å². The van der Waals surface area contributed by atoms with Crippen molar-refractivity contribution in [3.8, 4) is 11.3 Å². The Labute approximate surface area is 159 Å². The predicted molar refractivity (Wildman–Crippen MR) is 103 cm³/mol. The van der Waals surface area contributed by atoms with Crippen LogP contribution in [0, 0.1) is 0 Å². The van der Waals surface area contributed by atoms with Crippen molar-refractivity contribution >= 4 is 38.3 Å². The maximum atomic E-state index is 13.2. The van der Waals surface area contributed by atoms with E-state index in [1.165, 1.54) is 24.3 Å². The Morgan fingerprint density at radius 2 is 1.48 bits per heavy atom. The summed E-state index contributed by atoms with van der Waals surface area (Å²) in [5.74, 6) is -0.132. The molecule has 0 N–H and O–H groups in total. The highest BCUT2D eigenvalue weighted by atomic mass is 35.5. The summed E-state index contributed by atoms with van der Waals surface area (Å²) in [7, 11) is -3.94. The summed E-state index contributed by atoms with van der Waals surface area (Å²) in [4.78, 5) is 12.9. The largest absolute Gasteiger partial charge is 0.289 e. The Balaban J connectivity index is 1.86. The Bertz CT molecular complexity index is 1360. The van der Waals surface area contributed by atoms with Crippen molar-refractivity contribution < 1.29 is 13.2 Å². The molecule has 5 nitrogen and oxygen atoms in total. The van der Waals surface area contributed by atoms with Gasteiger partial charge in [0.2, 0.25) is 0 Å². The number of nitrogens with zero attached hydrogens (tertiary/aromatic N) is 2. The topological polar surface area (TPSA) is 69.0 Å². The Morgan fingerprint density at radius 3 is 2.22 bits per heavy atom. The van der Waals surface area contributed by atoms with Crippen LogP contribution in [-0.4, -0.2) is 23.4 Å². The molecule has 0 aliphatic heterocycles. The van der Waals surface area contributed by atoms with Gasteiger partial charge in [0.1, 0.15) is 5.69 Å². The molecule has 0 radical (unpaired) electrons. The number of carbonyl (C=O) groups excluding carboxylic acids is 1. The van der Waals surface area contributed by atoms with Crippen LogP contribution in [0.1, 0.15) is 15.9 Å². The second-order valence-electron chi connectivity index (χ2n) is 6.22. The maximum absolute atomic E-state index is 13.2. The first-order chi connectivity index (χ1) is 13.0. The van der Waals surface area contributed by atoms with E-state index in [1.54, 1.807) is 42.5 Å². The molecule has 1 aliphatic rings. The summed E-state index contributed by atoms with van der Waals surface area (Å²) in [6, 6.07) is 18.0. The molecule has 0 atom stereocenters. The van der Waals surface area contributed by atoms with Crippen molar-refractivity contribution in [2.75, 3.05) is 0 Å².